The summed E-state index contributed by atoms with van der Waals surface area (Å²) in [6.45, 7) is 1.96. The molecule has 2 aromatic rings. The lowest BCUT2D eigenvalue weighted by molar-refractivity contribution is 0.603. The van der Waals surface area contributed by atoms with Gasteiger partial charge < -0.3 is 0 Å². The average Bonchev–Trinajstić information content (AvgIpc) is 2.96. The number of hydrogen-bond acceptors (Lipinski definition) is 5. The van der Waals surface area contributed by atoms with Gasteiger partial charge in [0.2, 0.25) is 0 Å². The van der Waals surface area contributed by atoms with E-state index in [0.717, 1.165) is 11.3 Å². The number of rotatable bonds is 4. The standard InChI is InChI=1S/C10H10N4O2S2/c1-2-8-3-4-9(17-8)18(15,16)14-10-7(5-11)6-12-13-10/h3-4,6H,2H2,1H3,(H2,12,13,14). The van der Waals surface area contributed by atoms with Gasteiger partial charge in [-0.15, -0.1) is 11.3 Å². The third-order valence-electron chi connectivity index (χ3n) is 2.25. The minimum atomic E-state index is -3.66. The molecule has 2 rings (SSSR count). The quantitative estimate of drug-likeness (QED) is 0.891. The van der Waals surface area contributed by atoms with Crippen molar-refractivity contribution >= 4 is 27.2 Å². The molecule has 0 radical (unpaired) electrons. The Morgan fingerprint density at radius 1 is 1.56 bits per heavy atom. The largest absolute Gasteiger partial charge is 0.272 e. The second-order valence-corrected chi connectivity index (χ2v) is 6.53. The van der Waals surface area contributed by atoms with Gasteiger partial charge in [0.1, 0.15) is 15.8 Å². The maximum absolute atomic E-state index is 12.0. The molecule has 0 unspecified atom stereocenters. The molecule has 2 N–H and O–H groups in total. The summed E-state index contributed by atoms with van der Waals surface area (Å²) >= 11 is 1.21. The number of aromatic amines is 1. The number of aryl methyl sites for hydroxylation is 1. The molecule has 0 aromatic carbocycles. The van der Waals surface area contributed by atoms with Crippen LogP contribution in [-0.2, 0) is 16.4 Å². The fourth-order valence-electron chi connectivity index (χ4n) is 1.33. The van der Waals surface area contributed by atoms with E-state index >= 15 is 0 Å². The number of nitrogens with zero attached hydrogens (tertiary/aromatic N) is 2. The van der Waals surface area contributed by atoms with Crippen molar-refractivity contribution in [2.45, 2.75) is 17.6 Å². The Morgan fingerprint density at radius 3 is 2.94 bits per heavy atom. The van der Waals surface area contributed by atoms with Crippen molar-refractivity contribution in [1.29, 1.82) is 5.26 Å². The van der Waals surface area contributed by atoms with Crippen molar-refractivity contribution in [2.75, 3.05) is 4.72 Å². The zero-order chi connectivity index (χ0) is 13.2. The van der Waals surface area contributed by atoms with Crippen molar-refractivity contribution in [3.8, 4) is 6.07 Å². The van der Waals surface area contributed by atoms with Crippen molar-refractivity contribution < 1.29 is 8.42 Å². The molecular formula is C10H10N4O2S2. The van der Waals surface area contributed by atoms with Gasteiger partial charge in [0.15, 0.2) is 5.82 Å². The van der Waals surface area contributed by atoms with Crippen molar-refractivity contribution in [3.05, 3.63) is 28.8 Å². The van der Waals surface area contributed by atoms with Gasteiger partial charge in [0, 0.05) is 4.88 Å². The molecule has 0 spiro atoms. The van der Waals surface area contributed by atoms with Gasteiger partial charge in [-0.05, 0) is 18.6 Å². The van der Waals surface area contributed by atoms with Gasteiger partial charge in [0.25, 0.3) is 10.0 Å². The molecule has 8 heteroatoms. The lowest BCUT2D eigenvalue weighted by Crippen LogP contribution is -2.12. The molecule has 2 aromatic heterocycles. The van der Waals surface area contributed by atoms with E-state index in [1.165, 1.54) is 17.5 Å². The first-order valence-corrected chi connectivity index (χ1v) is 7.41. The highest BCUT2D eigenvalue weighted by molar-refractivity contribution is 7.94. The van der Waals surface area contributed by atoms with Crippen LogP contribution in [0.3, 0.4) is 0 Å². The summed E-state index contributed by atoms with van der Waals surface area (Å²) < 4.78 is 26.6. The Balaban J connectivity index is 2.30. The molecule has 0 atom stereocenters. The Bertz CT molecular complexity index is 694. The first kappa shape index (κ1) is 12.6. The number of H-pyrrole nitrogens is 1. The smallest absolute Gasteiger partial charge is 0.262 e. The molecule has 0 aliphatic heterocycles. The maximum Gasteiger partial charge on any atom is 0.272 e. The van der Waals surface area contributed by atoms with Crippen molar-refractivity contribution in [1.82, 2.24) is 10.2 Å². The molecule has 0 amide bonds. The van der Waals surface area contributed by atoms with E-state index in [0.29, 0.717) is 0 Å². The zero-order valence-corrected chi connectivity index (χ0v) is 11.1. The predicted molar refractivity (Wildman–Crippen MR) is 67.8 cm³/mol. The number of anilines is 1. The predicted octanol–water partition coefficient (Wildman–Crippen LogP) is 1.71. The number of aromatic nitrogens is 2. The van der Waals surface area contributed by atoms with Gasteiger partial charge in [-0.2, -0.15) is 10.4 Å². The molecule has 0 bridgehead atoms. The number of nitriles is 1. The summed E-state index contributed by atoms with van der Waals surface area (Å²) in [5.74, 6) is 0.0870. The minimum Gasteiger partial charge on any atom is -0.262 e. The third kappa shape index (κ3) is 2.37. The molecule has 0 saturated heterocycles. The molecule has 0 fully saturated rings. The Hall–Kier alpha value is -1.85. The lowest BCUT2D eigenvalue weighted by atomic mass is 10.4. The summed E-state index contributed by atoms with van der Waals surface area (Å²) in [6.07, 6.45) is 2.05. The highest BCUT2D eigenvalue weighted by Gasteiger charge is 2.19. The van der Waals surface area contributed by atoms with Crippen LogP contribution < -0.4 is 4.72 Å². The van der Waals surface area contributed by atoms with E-state index in [4.69, 9.17) is 5.26 Å². The molecule has 0 aliphatic rings. The average molecular weight is 282 g/mol. The maximum atomic E-state index is 12.0. The highest BCUT2D eigenvalue weighted by Crippen LogP contribution is 2.24. The molecule has 2 heterocycles. The van der Waals surface area contributed by atoms with Gasteiger partial charge in [-0.25, -0.2) is 8.42 Å². The first-order valence-electron chi connectivity index (χ1n) is 5.12. The van der Waals surface area contributed by atoms with Gasteiger partial charge in [-0.1, -0.05) is 6.92 Å². The van der Waals surface area contributed by atoms with Crippen LogP contribution in [0.2, 0.25) is 0 Å². The lowest BCUT2D eigenvalue weighted by Gasteiger charge is -2.03. The van der Waals surface area contributed by atoms with Gasteiger partial charge >= 0.3 is 0 Å². The monoisotopic (exact) mass is 282 g/mol. The SMILES string of the molecule is CCc1ccc(S(=O)(=O)Nc2[nH]ncc2C#N)s1. The normalized spacial score (nSPS) is 11.1. The first-order chi connectivity index (χ1) is 8.56. The van der Waals surface area contributed by atoms with E-state index in [9.17, 15) is 8.42 Å². The summed E-state index contributed by atoms with van der Waals surface area (Å²) in [4.78, 5) is 0.987. The fourth-order valence-corrected chi connectivity index (χ4v) is 3.66. The summed E-state index contributed by atoms with van der Waals surface area (Å²) in [5.41, 5.74) is 0.158. The number of nitrogens with one attached hydrogen (secondary N) is 2. The summed E-state index contributed by atoms with van der Waals surface area (Å²) in [6, 6.07) is 5.17. The van der Waals surface area contributed by atoms with E-state index in [1.54, 1.807) is 12.1 Å². The second-order valence-electron chi connectivity index (χ2n) is 3.45. The fraction of sp³-hybridized carbons (Fsp3) is 0.200. The van der Waals surface area contributed by atoms with E-state index < -0.39 is 10.0 Å². The Labute approximate surface area is 108 Å². The third-order valence-corrected chi connectivity index (χ3v) is 5.32. The van der Waals surface area contributed by atoms with Gasteiger partial charge in [-0.3, -0.25) is 9.82 Å². The highest BCUT2D eigenvalue weighted by atomic mass is 32.2. The van der Waals surface area contributed by atoms with Crippen LogP contribution >= 0.6 is 11.3 Å². The number of hydrogen-bond donors (Lipinski definition) is 2. The van der Waals surface area contributed by atoms with Crippen LogP contribution in [0.4, 0.5) is 5.82 Å². The van der Waals surface area contributed by atoms with Crippen molar-refractivity contribution in [2.24, 2.45) is 0 Å². The molecule has 94 valence electrons. The Morgan fingerprint density at radius 2 is 2.33 bits per heavy atom. The van der Waals surface area contributed by atoms with Crippen LogP contribution in [0.1, 0.15) is 17.4 Å². The van der Waals surface area contributed by atoms with Crippen LogP contribution in [0.25, 0.3) is 0 Å². The summed E-state index contributed by atoms with van der Waals surface area (Å²) in [7, 11) is -3.66. The molecule has 6 nitrogen and oxygen atoms in total. The topological polar surface area (TPSA) is 98.6 Å². The molecule has 18 heavy (non-hydrogen) atoms. The minimum absolute atomic E-state index is 0.0870. The molecule has 0 saturated carbocycles. The zero-order valence-electron chi connectivity index (χ0n) is 9.47. The van der Waals surface area contributed by atoms with Gasteiger partial charge in [0.05, 0.1) is 6.20 Å². The van der Waals surface area contributed by atoms with Crippen molar-refractivity contribution in [3.63, 3.8) is 0 Å². The van der Waals surface area contributed by atoms with Crippen LogP contribution in [0.15, 0.2) is 22.5 Å². The van der Waals surface area contributed by atoms with E-state index in [2.05, 4.69) is 14.9 Å². The van der Waals surface area contributed by atoms with E-state index in [-0.39, 0.29) is 15.6 Å². The summed E-state index contributed by atoms with van der Waals surface area (Å²) in [5, 5.41) is 14.8. The number of sulfonamides is 1. The number of thiophene rings is 1. The van der Waals surface area contributed by atoms with E-state index in [1.807, 2.05) is 13.0 Å². The van der Waals surface area contributed by atoms with Crippen LogP contribution in [0, 0.1) is 11.3 Å². The van der Waals surface area contributed by atoms with Crippen LogP contribution in [-0.4, -0.2) is 18.6 Å². The molecule has 0 aliphatic carbocycles. The van der Waals surface area contributed by atoms with Crippen LogP contribution in [0.5, 0.6) is 0 Å². The molecular weight excluding hydrogens is 272 g/mol. The second kappa shape index (κ2) is 4.80. The Kier molecular flexibility index (Phi) is 3.36.